The summed E-state index contributed by atoms with van der Waals surface area (Å²) in [4.78, 5) is 4.14. The van der Waals surface area contributed by atoms with Gasteiger partial charge < -0.3 is 14.8 Å². The fourth-order valence-electron chi connectivity index (χ4n) is 2.11. The zero-order valence-corrected chi connectivity index (χ0v) is 12.1. The molecular weight excluding hydrogens is 252 g/mol. The number of benzene rings is 1. The molecule has 1 aromatic carbocycles. The van der Waals surface area contributed by atoms with Crippen molar-refractivity contribution in [1.82, 2.24) is 10.3 Å². The molecule has 2 rings (SSSR count). The molecule has 0 saturated carbocycles. The van der Waals surface area contributed by atoms with Gasteiger partial charge in [0.05, 0.1) is 14.2 Å². The number of rotatable bonds is 6. The van der Waals surface area contributed by atoms with Gasteiger partial charge in [0.1, 0.15) is 0 Å². The normalized spacial score (nSPS) is 11.9. The number of para-hydroxylation sites is 1. The SMILES string of the molecule is COc1cccc(CN[C@H](C)c2cccnc2)c1OC. The number of methoxy groups -OCH3 is 2. The first kappa shape index (κ1) is 14.3. The zero-order chi connectivity index (χ0) is 14.4. The van der Waals surface area contributed by atoms with Crippen molar-refractivity contribution >= 4 is 0 Å². The predicted molar refractivity (Wildman–Crippen MR) is 79.0 cm³/mol. The van der Waals surface area contributed by atoms with Gasteiger partial charge in [-0.2, -0.15) is 0 Å². The maximum Gasteiger partial charge on any atom is 0.165 e. The van der Waals surface area contributed by atoms with Crippen molar-refractivity contribution in [1.29, 1.82) is 0 Å². The lowest BCUT2D eigenvalue weighted by atomic mass is 10.1. The van der Waals surface area contributed by atoms with Gasteiger partial charge in [0.25, 0.3) is 0 Å². The number of hydrogen-bond acceptors (Lipinski definition) is 4. The van der Waals surface area contributed by atoms with E-state index in [1.807, 2.05) is 30.5 Å². The van der Waals surface area contributed by atoms with Crippen LogP contribution in [0.25, 0.3) is 0 Å². The number of pyridine rings is 1. The van der Waals surface area contributed by atoms with Gasteiger partial charge >= 0.3 is 0 Å². The quantitative estimate of drug-likeness (QED) is 0.878. The molecule has 0 amide bonds. The maximum atomic E-state index is 5.43. The third-order valence-corrected chi connectivity index (χ3v) is 3.27. The molecule has 0 aliphatic heterocycles. The number of ether oxygens (including phenoxy) is 2. The Hall–Kier alpha value is -2.07. The summed E-state index contributed by atoms with van der Waals surface area (Å²) >= 11 is 0. The van der Waals surface area contributed by atoms with Gasteiger partial charge in [-0.1, -0.05) is 18.2 Å². The highest BCUT2D eigenvalue weighted by atomic mass is 16.5. The number of nitrogens with one attached hydrogen (secondary N) is 1. The minimum absolute atomic E-state index is 0.222. The van der Waals surface area contributed by atoms with Gasteiger partial charge in [0.2, 0.25) is 0 Å². The second kappa shape index (κ2) is 6.91. The van der Waals surface area contributed by atoms with E-state index in [9.17, 15) is 0 Å². The molecule has 0 radical (unpaired) electrons. The molecule has 106 valence electrons. The van der Waals surface area contributed by atoms with Gasteiger partial charge in [-0.15, -0.1) is 0 Å². The lowest BCUT2D eigenvalue weighted by molar-refractivity contribution is 0.350. The van der Waals surface area contributed by atoms with Crippen LogP contribution in [-0.2, 0) is 6.54 Å². The summed E-state index contributed by atoms with van der Waals surface area (Å²) in [6, 6.07) is 10.1. The van der Waals surface area contributed by atoms with E-state index in [0.717, 1.165) is 22.6 Å². The summed E-state index contributed by atoms with van der Waals surface area (Å²) < 4.78 is 10.7. The average Bonchev–Trinajstić information content (AvgIpc) is 2.52. The summed E-state index contributed by atoms with van der Waals surface area (Å²) in [5, 5.41) is 3.47. The van der Waals surface area contributed by atoms with E-state index >= 15 is 0 Å². The fourth-order valence-corrected chi connectivity index (χ4v) is 2.11. The number of nitrogens with zero attached hydrogens (tertiary/aromatic N) is 1. The van der Waals surface area contributed by atoms with Crippen LogP contribution in [0.5, 0.6) is 11.5 Å². The first-order valence-electron chi connectivity index (χ1n) is 6.59. The van der Waals surface area contributed by atoms with Crippen LogP contribution >= 0.6 is 0 Å². The van der Waals surface area contributed by atoms with Gasteiger partial charge in [-0.05, 0) is 24.6 Å². The van der Waals surface area contributed by atoms with Crippen LogP contribution in [0.3, 0.4) is 0 Å². The zero-order valence-electron chi connectivity index (χ0n) is 12.1. The molecule has 0 fully saturated rings. The summed E-state index contributed by atoms with van der Waals surface area (Å²) in [6.07, 6.45) is 3.65. The van der Waals surface area contributed by atoms with Crippen LogP contribution in [0.15, 0.2) is 42.7 Å². The minimum Gasteiger partial charge on any atom is -0.493 e. The highest BCUT2D eigenvalue weighted by Gasteiger charge is 2.11. The first-order valence-corrected chi connectivity index (χ1v) is 6.59. The van der Waals surface area contributed by atoms with Crippen LogP contribution in [0.2, 0.25) is 0 Å². The Kier molecular flexibility index (Phi) is 4.96. The van der Waals surface area contributed by atoms with E-state index in [4.69, 9.17) is 9.47 Å². The molecular formula is C16H20N2O2. The molecule has 0 saturated heterocycles. The van der Waals surface area contributed by atoms with Gasteiger partial charge in [0.15, 0.2) is 11.5 Å². The first-order chi connectivity index (χ1) is 9.76. The molecule has 0 bridgehead atoms. The monoisotopic (exact) mass is 272 g/mol. The largest absolute Gasteiger partial charge is 0.493 e. The number of hydrogen-bond donors (Lipinski definition) is 1. The Balaban J connectivity index is 2.07. The van der Waals surface area contributed by atoms with Gasteiger partial charge in [0, 0.05) is 30.5 Å². The van der Waals surface area contributed by atoms with E-state index in [2.05, 4.69) is 23.3 Å². The lowest BCUT2D eigenvalue weighted by Gasteiger charge is -2.16. The van der Waals surface area contributed by atoms with Gasteiger partial charge in [-0.3, -0.25) is 4.98 Å². The summed E-state index contributed by atoms with van der Waals surface area (Å²) in [5.74, 6) is 1.53. The Morgan fingerprint density at radius 1 is 1.15 bits per heavy atom. The van der Waals surface area contributed by atoms with Crippen LogP contribution in [-0.4, -0.2) is 19.2 Å². The second-order valence-electron chi connectivity index (χ2n) is 4.54. The minimum atomic E-state index is 0.222. The maximum absolute atomic E-state index is 5.43. The average molecular weight is 272 g/mol. The molecule has 0 spiro atoms. The van der Waals surface area contributed by atoms with Crippen molar-refractivity contribution in [2.45, 2.75) is 19.5 Å². The lowest BCUT2D eigenvalue weighted by Crippen LogP contribution is -2.18. The van der Waals surface area contributed by atoms with Crippen LogP contribution in [0.1, 0.15) is 24.1 Å². The molecule has 1 aromatic heterocycles. The molecule has 1 N–H and O–H groups in total. The standard InChI is InChI=1S/C16H20N2O2/c1-12(13-7-5-9-17-10-13)18-11-14-6-4-8-15(19-2)16(14)20-3/h4-10,12,18H,11H2,1-3H3/t12-/m1/s1. The van der Waals surface area contributed by atoms with Crippen molar-refractivity contribution in [2.75, 3.05) is 14.2 Å². The van der Waals surface area contributed by atoms with Crippen LogP contribution in [0, 0.1) is 0 Å². The topological polar surface area (TPSA) is 43.4 Å². The van der Waals surface area contributed by atoms with Gasteiger partial charge in [-0.25, -0.2) is 0 Å². The Bertz CT molecular complexity index is 543. The van der Waals surface area contributed by atoms with Crippen LogP contribution < -0.4 is 14.8 Å². The molecule has 20 heavy (non-hydrogen) atoms. The second-order valence-corrected chi connectivity index (χ2v) is 4.54. The highest BCUT2D eigenvalue weighted by molar-refractivity contribution is 5.46. The third-order valence-electron chi connectivity index (χ3n) is 3.27. The molecule has 0 aliphatic rings. The van der Waals surface area contributed by atoms with E-state index in [0.29, 0.717) is 6.54 Å². The summed E-state index contributed by atoms with van der Waals surface area (Å²) in [6.45, 7) is 2.82. The van der Waals surface area contributed by atoms with Crippen molar-refractivity contribution < 1.29 is 9.47 Å². The van der Waals surface area contributed by atoms with E-state index in [-0.39, 0.29) is 6.04 Å². The van der Waals surface area contributed by atoms with Crippen LogP contribution in [0.4, 0.5) is 0 Å². The van der Waals surface area contributed by atoms with Crippen molar-refractivity contribution in [2.24, 2.45) is 0 Å². The Labute approximate surface area is 119 Å². The highest BCUT2D eigenvalue weighted by Crippen LogP contribution is 2.30. The summed E-state index contributed by atoms with van der Waals surface area (Å²) in [5.41, 5.74) is 2.23. The molecule has 1 atom stereocenters. The van der Waals surface area contributed by atoms with Crippen molar-refractivity contribution in [3.8, 4) is 11.5 Å². The molecule has 4 heteroatoms. The molecule has 2 aromatic rings. The predicted octanol–water partition coefficient (Wildman–Crippen LogP) is 2.95. The van der Waals surface area contributed by atoms with E-state index in [1.165, 1.54) is 0 Å². The van der Waals surface area contributed by atoms with E-state index < -0.39 is 0 Å². The fraction of sp³-hybridized carbons (Fsp3) is 0.312. The molecule has 0 unspecified atom stereocenters. The Morgan fingerprint density at radius 3 is 2.65 bits per heavy atom. The molecule has 0 aliphatic carbocycles. The number of aromatic nitrogens is 1. The Morgan fingerprint density at radius 2 is 2.00 bits per heavy atom. The smallest absolute Gasteiger partial charge is 0.165 e. The molecule has 1 heterocycles. The van der Waals surface area contributed by atoms with Crippen molar-refractivity contribution in [3.63, 3.8) is 0 Å². The summed E-state index contributed by atoms with van der Waals surface area (Å²) in [7, 11) is 3.30. The third kappa shape index (κ3) is 3.27. The van der Waals surface area contributed by atoms with E-state index in [1.54, 1.807) is 20.4 Å². The molecule has 4 nitrogen and oxygen atoms in total. The van der Waals surface area contributed by atoms with Crippen molar-refractivity contribution in [3.05, 3.63) is 53.9 Å².